The summed E-state index contributed by atoms with van der Waals surface area (Å²) in [5.74, 6) is 0. The van der Waals surface area contributed by atoms with Crippen molar-refractivity contribution in [3.63, 3.8) is 0 Å². The lowest BCUT2D eigenvalue weighted by Crippen LogP contribution is -1.91. The molecule has 0 radical (unpaired) electrons. The Morgan fingerprint density at radius 3 is 1.92 bits per heavy atom. The number of nitriles is 1. The van der Waals surface area contributed by atoms with Crippen molar-refractivity contribution < 1.29 is 0 Å². The summed E-state index contributed by atoms with van der Waals surface area (Å²) in [5, 5.41) is 8.28. The van der Waals surface area contributed by atoms with Crippen molar-refractivity contribution in [1.29, 1.82) is 5.26 Å². The van der Waals surface area contributed by atoms with Gasteiger partial charge in [-0.1, -0.05) is 27.0 Å². The van der Waals surface area contributed by atoms with Crippen molar-refractivity contribution in [1.82, 2.24) is 0 Å². The van der Waals surface area contributed by atoms with Gasteiger partial charge in [0, 0.05) is 5.71 Å². The lowest BCUT2D eigenvalue weighted by molar-refractivity contribution is 1.37. The third-order valence-corrected chi connectivity index (χ3v) is 1.05. The topological polar surface area (TPSA) is 36.1 Å². The number of aliphatic imine (C=N–C) groups is 1. The van der Waals surface area contributed by atoms with E-state index in [-0.39, 0.29) is 5.70 Å². The Morgan fingerprint density at radius 1 is 1.25 bits per heavy atom. The highest BCUT2D eigenvalue weighted by Crippen LogP contribution is 1.97. The van der Waals surface area contributed by atoms with Gasteiger partial charge in [0.25, 0.3) is 0 Å². The predicted octanol–water partition coefficient (Wildman–Crippen LogP) is 3.09. The lowest BCUT2D eigenvalue weighted by Gasteiger charge is -1.94. The molecule has 0 saturated carbocycles. The predicted molar refractivity (Wildman–Crippen MR) is 54.0 cm³/mol. The first-order chi connectivity index (χ1) is 5.57. The molecule has 0 aromatic heterocycles. The van der Waals surface area contributed by atoms with Gasteiger partial charge in [-0.2, -0.15) is 5.26 Å². The van der Waals surface area contributed by atoms with Gasteiger partial charge >= 0.3 is 0 Å². The summed E-state index contributed by atoms with van der Waals surface area (Å²) in [6, 6.07) is 1.83. The molecular weight excluding hydrogens is 148 g/mol. The fraction of sp³-hybridized carbons (Fsp3) is 0.400. The van der Waals surface area contributed by atoms with E-state index in [0.29, 0.717) is 0 Å². The molecule has 0 unspecified atom stereocenters. The molecule has 0 bridgehead atoms. The first-order valence-electron chi connectivity index (χ1n) is 3.88. The Labute approximate surface area is 74.9 Å². The van der Waals surface area contributed by atoms with Gasteiger partial charge in [0.2, 0.25) is 0 Å². The molecule has 0 aromatic carbocycles. The second-order valence-electron chi connectivity index (χ2n) is 2.04. The van der Waals surface area contributed by atoms with E-state index in [1.807, 2.05) is 26.8 Å². The molecule has 0 atom stereocenters. The molecule has 2 nitrogen and oxygen atoms in total. The highest BCUT2D eigenvalue weighted by atomic mass is 14.7. The zero-order valence-corrected chi connectivity index (χ0v) is 8.31. The third kappa shape index (κ3) is 6.76. The molecule has 0 saturated heterocycles. The zero-order valence-electron chi connectivity index (χ0n) is 8.31. The van der Waals surface area contributed by atoms with E-state index in [4.69, 9.17) is 5.26 Å². The fourth-order valence-corrected chi connectivity index (χ4v) is 0.323. The number of nitrogens with zero attached hydrogens (tertiary/aromatic N) is 2. The Kier molecular flexibility index (Phi) is 8.55. The van der Waals surface area contributed by atoms with E-state index in [1.54, 1.807) is 6.92 Å². The van der Waals surface area contributed by atoms with Gasteiger partial charge in [-0.15, -0.1) is 0 Å². The van der Waals surface area contributed by atoms with Crippen LogP contribution in [0.2, 0.25) is 0 Å². The minimum absolute atomic E-state index is 0.223. The molecule has 0 aliphatic heterocycles. The summed E-state index contributed by atoms with van der Waals surface area (Å²) in [6.07, 6.45) is 0. The monoisotopic (exact) mass is 164 g/mol. The molecule has 0 rings (SSSR count). The molecule has 0 heterocycles. The van der Waals surface area contributed by atoms with Crippen molar-refractivity contribution in [2.75, 3.05) is 0 Å². The third-order valence-electron chi connectivity index (χ3n) is 1.05. The van der Waals surface area contributed by atoms with E-state index in [0.717, 1.165) is 11.3 Å². The molecule has 0 aliphatic rings. The maximum atomic E-state index is 8.28. The highest BCUT2D eigenvalue weighted by molar-refractivity contribution is 5.97. The normalized spacial score (nSPS) is 9.08. The first kappa shape index (κ1) is 13.2. The van der Waals surface area contributed by atoms with E-state index < -0.39 is 0 Å². The van der Waals surface area contributed by atoms with Crippen LogP contribution in [0.1, 0.15) is 27.7 Å². The number of hydrogen-bond acceptors (Lipinski definition) is 2. The van der Waals surface area contributed by atoms with Crippen LogP contribution in [0.4, 0.5) is 0 Å². The smallest absolute Gasteiger partial charge is 0.133 e. The van der Waals surface area contributed by atoms with E-state index in [9.17, 15) is 0 Å². The molecule has 0 spiro atoms. The fourth-order valence-electron chi connectivity index (χ4n) is 0.323. The molecule has 0 aliphatic carbocycles. The van der Waals surface area contributed by atoms with Crippen LogP contribution in [-0.4, -0.2) is 5.71 Å². The number of rotatable bonds is 2. The Balaban J connectivity index is 0. The summed E-state index contributed by atoms with van der Waals surface area (Å²) in [5.41, 5.74) is 1.84. The first-order valence-corrected chi connectivity index (χ1v) is 3.88. The van der Waals surface area contributed by atoms with Crippen LogP contribution in [0.15, 0.2) is 29.4 Å². The second-order valence-corrected chi connectivity index (χ2v) is 2.04. The van der Waals surface area contributed by atoms with Gasteiger partial charge in [-0.3, -0.25) is 0 Å². The van der Waals surface area contributed by atoms with E-state index >= 15 is 0 Å². The van der Waals surface area contributed by atoms with Crippen LogP contribution in [0.3, 0.4) is 0 Å². The van der Waals surface area contributed by atoms with Crippen LogP contribution >= 0.6 is 0 Å². The van der Waals surface area contributed by atoms with Gasteiger partial charge in [0.15, 0.2) is 0 Å². The van der Waals surface area contributed by atoms with E-state index in [2.05, 4.69) is 18.2 Å². The quantitative estimate of drug-likeness (QED) is 0.456. The number of hydrogen-bond donors (Lipinski definition) is 0. The molecule has 66 valence electrons. The summed E-state index contributed by atoms with van der Waals surface area (Å²) in [6.45, 7) is 14.7. The van der Waals surface area contributed by atoms with Gasteiger partial charge in [0.05, 0.1) is 0 Å². The van der Waals surface area contributed by atoms with Crippen molar-refractivity contribution in [2.45, 2.75) is 27.7 Å². The van der Waals surface area contributed by atoms with Crippen LogP contribution in [0, 0.1) is 11.3 Å². The SMILES string of the molecule is C=C(C#N)N=C(C)C(=C)C.CC. The Morgan fingerprint density at radius 2 is 1.67 bits per heavy atom. The average Bonchev–Trinajstić information content (AvgIpc) is 2.07. The molecule has 2 heteroatoms. The molecule has 12 heavy (non-hydrogen) atoms. The molecule has 0 amide bonds. The van der Waals surface area contributed by atoms with Crippen molar-refractivity contribution >= 4 is 5.71 Å². The van der Waals surface area contributed by atoms with Crippen molar-refractivity contribution in [3.05, 3.63) is 24.4 Å². The zero-order chi connectivity index (χ0) is 10.1. The molecule has 0 N–H and O–H groups in total. The largest absolute Gasteiger partial charge is 0.243 e. The minimum atomic E-state index is 0.223. The number of allylic oxidation sites excluding steroid dienone is 2. The summed E-state index contributed by atoms with van der Waals surface area (Å²) in [4.78, 5) is 3.86. The molecule has 0 aromatic rings. The second kappa shape index (κ2) is 7.74. The summed E-state index contributed by atoms with van der Waals surface area (Å²) < 4.78 is 0. The average molecular weight is 164 g/mol. The van der Waals surface area contributed by atoms with Gasteiger partial charge < -0.3 is 0 Å². The minimum Gasteiger partial charge on any atom is -0.243 e. The van der Waals surface area contributed by atoms with Crippen LogP contribution in [0.5, 0.6) is 0 Å². The van der Waals surface area contributed by atoms with Crippen molar-refractivity contribution in [2.24, 2.45) is 4.99 Å². The van der Waals surface area contributed by atoms with E-state index in [1.165, 1.54) is 0 Å². The van der Waals surface area contributed by atoms with Gasteiger partial charge in [-0.25, -0.2) is 4.99 Å². The summed E-state index contributed by atoms with van der Waals surface area (Å²) >= 11 is 0. The van der Waals surface area contributed by atoms with Gasteiger partial charge in [-0.05, 0) is 19.4 Å². The maximum Gasteiger partial charge on any atom is 0.133 e. The van der Waals surface area contributed by atoms with Crippen LogP contribution in [0.25, 0.3) is 0 Å². The Bertz CT molecular complexity index is 229. The lowest BCUT2D eigenvalue weighted by atomic mass is 10.2. The Hall–Kier alpha value is -1.36. The summed E-state index contributed by atoms with van der Waals surface area (Å²) in [7, 11) is 0. The van der Waals surface area contributed by atoms with Crippen molar-refractivity contribution in [3.8, 4) is 6.07 Å². The maximum absolute atomic E-state index is 8.28. The molecule has 0 fully saturated rings. The van der Waals surface area contributed by atoms with Crippen LogP contribution in [-0.2, 0) is 0 Å². The standard InChI is InChI=1S/C8H10N2.C2H6/c1-6(2)8(4)10-7(3)5-9;1-2/h1,3H2,2,4H3;1-2H3. The highest BCUT2D eigenvalue weighted by Gasteiger charge is 1.91. The van der Waals surface area contributed by atoms with Gasteiger partial charge in [0.1, 0.15) is 11.8 Å². The van der Waals surface area contributed by atoms with Crippen LogP contribution < -0.4 is 0 Å². The molecular formula is C10H16N2.